The average Bonchev–Trinajstić information content (AvgIpc) is 2.97. The number of hydrogen-bond acceptors (Lipinski definition) is 5. The number of benzene rings is 3. The molecule has 210 valence electrons. The summed E-state index contributed by atoms with van der Waals surface area (Å²) in [5, 5.41) is 10.5. The van der Waals surface area contributed by atoms with Gasteiger partial charge in [-0.15, -0.1) is 0 Å². The van der Waals surface area contributed by atoms with Gasteiger partial charge in [-0.05, 0) is 48.1 Å². The molecule has 0 fully saturated rings. The molecule has 3 rings (SSSR count). The predicted molar refractivity (Wildman–Crippen MR) is 158 cm³/mol. The fourth-order valence-corrected chi connectivity index (χ4v) is 5.31. The Morgan fingerprint density at radius 1 is 0.800 bits per heavy atom. The molecule has 0 aliphatic rings. The molecule has 8 nitrogen and oxygen atoms in total. The Balaban J connectivity index is 1.93. The van der Waals surface area contributed by atoms with Gasteiger partial charge in [0.2, 0.25) is 11.8 Å². The molecule has 3 N–H and O–H groups in total. The Labute approximate surface area is 236 Å². The van der Waals surface area contributed by atoms with Gasteiger partial charge in [0, 0.05) is 0 Å². The monoisotopic (exact) mass is 561 g/mol. The molecular weight excluding hydrogens is 526 g/mol. The van der Waals surface area contributed by atoms with E-state index in [4.69, 9.17) is 0 Å². The molecule has 0 saturated carbocycles. The van der Waals surface area contributed by atoms with Gasteiger partial charge in [-0.3, -0.25) is 20.2 Å². The average molecular weight is 562 g/mol. The van der Waals surface area contributed by atoms with Crippen LogP contribution in [0.4, 0.5) is 5.69 Å². The van der Waals surface area contributed by atoms with Crippen LogP contribution in [0.25, 0.3) is 12.2 Å². The van der Waals surface area contributed by atoms with Crippen LogP contribution >= 0.6 is 0 Å². The first kappa shape index (κ1) is 30.3. The molecule has 2 amide bonds. The van der Waals surface area contributed by atoms with Crippen LogP contribution < -0.4 is 15.3 Å². The number of carbonyl (C=O) groups excluding carboxylic acids is 2. The quantitative estimate of drug-likeness (QED) is 0.191. The molecule has 2 atom stereocenters. The van der Waals surface area contributed by atoms with Gasteiger partial charge in [-0.25, -0.2) is 5.48 Å². The first-order chi connectivity index (χ1) is 19.2. The smallest absolute Gasteiger partial charge is 0.275 e. The van der Waals surface area contributed by atoms with Crippen molar-refractivity contribution >= 4 is 39.7 Å². The molecule has 0 radical (unpaired) electrons. The summed E-state index contributed by atoms with van der Waals surface area (Å²) >= 11 is 0. The van der Waals surface area contributed by atoms with Crippen LogP contribution in [0.2, 0.25) is 0 Å². The second-order valence-electron chi connectivity index (χ2n) is 9.70. The van der Waals surface area contributed by atoms with Gasteiger partial charge >= 0.3 is 0 Å². The second kappa shape index (κ2) is 14.8. The van der Waals surface area contributed by atoms with Crippen LogP contribution in [0.1, 0.15) is 37.8 Å². The van der Waals surface area contributed by atoms with Gasteiger partial charge in [0.1, 0.15) is 0 Å². The van der Waals surface area contributed by atoms with Crippen molar-refractivity contribution in [2.24, 2.45) is 17.8 Å². The molecule has 0 aromatic heterocycles. The van der Waals surface area contributed by atoms with Gasteiger partial charge in [0.15, 0.2) is 0 Å². The summed E-state index contributed by atoms with van der Waals surface area (Å²) in [4.78, 5) is 26.5. The van der Waals surface area contributed by atoms with Crippen LogP contribution in [0, 0.1) is 17.8 Å². The number of amides is 2. The number of hydrazine groups is 1. The summed E-state index contributed by atoms with van der Waals surface area (Å²) in [5.41, 5.74) is 6.05. The van der Waals surface area contributed by atoms with E-state index in [1.54, 1.807) is 66.2 Å². The lowest BCUT2D eigenvalue weighted by Crippen LogP contribution is -2.50. The highest BCUT2D eigenvalue weighted by Crippen LogP contribution is 2.27. The van der Waals surface area contributed by atoms with Crippen molar-refractivity contribution in [2.45, 2.75) is 26.7 Å². The Bertz CT molecular complexity index is 1390. The highest BCUT2D eigenvalue weighted by Gasteiger charge is 2.35. The lowest BCUT2D eigenvalue weighted by Gasteiger charge is -2.29. The Morgan fingerprint density at radius 2 is 1.32 bits per heavy atom. The molecule has 0 spiro atoms. The molecule has 3 aromatic rings. The lowest BCUT2D eigenvalue weighted by atomic mass is 9.82. The summed E-state index contributed by atoms with van der Waals surface area (Å²) in [6, 6.07) is 26.6. The first-order valence-electron chi connectivity index (χ1n) is 13.0. The zero-order chi connectivity index (χ0) is 29.0. The van der Waals surface area contributed by atoms with Gasteiger partial charge in [-0.1, -0.05) is 105 Å². The van der Waals surface area contributed by atoms with Crippen molar-refractivity contribution in [1.29, 1.82) is 0 Å². The zero-order valence-electron chi connectivity index (χ0n) is 22.6. The lowest BCUT2D eigenvalue weighted by molar-refractivity contribution is -0.140. The standard InChI is InChI=1S/C31H35N3O5S/c1-24(2)23-29(28(31(36)33-37)20-12-17-25-13-6-3-7-14-25)30(35)32-34(27-18-10-5-11-19-27)40(38,39)22-21-26-15-8-4-9-16-26/h3-19,21-22,24,28-29,37H,20,23H2,1-2H3,(H,32,35)(H,33,36)/b17-12+,22-21+/t28-,29+/m0/s1. The number of carbonyl (C=O) groups is 2. The molecule has 0 unspecified atom stereocenters. The van der Waals surface area contributed by atoms with Gasteiger partial charge in [0.25, 0.3) is 10.0 Å². The van der Waals surface area contributed by atoms with Gasteiger partial charge < -0.3 is 0 Å². The summed E-state index contributed by atoms with van der Waals surface area (Å²) < 4.78 is 27.8. The van der Waals surface area contributed by atoms with E-state index < -0.39 is 33.7 Å². The molecular formula is C31H35N3O5S. The summed E-state index contributed by atoms with van der Waals surface area (Å²) in [7, 11) is -4.18. The summed E-state index contributed by atoms with van der Waals surface area (Å²) in [6.45, 7) is 3.81. The molecule has 0 heterocycles. The molecule has 0 aliphatic heterocycles. The third-order valence-electron chi connectivity index (χ3n) is 6.18. The Kier molecular flexibility index (Phi) is 11.2. The molecule has 40 heavy (non-hydrogen) atoms. The molecule has 0 saturated heterocycles. The number of hydroxylamine groups is 1. The van der Waals surface area contributed by atoms with Crippen LogP contribution in [-0.4, -0.2) is 25.4 Å². The largest absolute Gasteiger partial charge is 0.289 e. The minimum atomic E-state index is -4.18. The van der Waals surface area contributed by atoms with E-state index in [9.17, 15) is 23.2 Å². The Morgan fingerprint density at radius 3 is 1.85 bits per heavy atom. The van der Waals surface area contributed by atoms with E-state index in [-0.39, 0.29) is 24.4 Å². The van der Waals surface area contributed by atoms with Crippen LogP contribution in [0.5, 0.6) is 0 Å². The fourth-order valence-electron chi connectivity index (χ4n) is 4.22. The van der Waals surface area contributed by atoms with Crippen molar-refractivity contribution < 1.29 is 23.2 Å². The van der Waals surface area contributed by atoms with Crippen LogP contribution in [-0.2, 0) is 19.6 Å². The highest BCUT2D eigenvalue weighted by molar-refractivity contribution is 7.95. The van der Waals surface area contributed by atoms with E-state index in [1.165, 1.54) is 6.08 Å². The molecule has 0 aliphatic carbocycles. The van der Waals surface area contributed by atoms with Crippen molar-refractivity contribution in [3.8, 4) is 0 Å². The van der Waals surface area contributed by atoms with E-state index in [0.717, 1.165) is 15.4 Å². The third-order valence-corrected chi connectivity index (χ3v) is 7.47. The fraction of sp³-hybridized carbons (Fsp3) is 0.226. The van der Waals surface area contributed by atoms with Crippen LogP contribution in [0.3, 0.4) is 0 Å². The number of hydrogen-bond donors (Lipinski definition) is 3. The van der Waals surface area contributed by atoms with Crippen LogP contribution in [0.15, 0.2) is 102 Å². The number of rotatable bonds is 13. The van der Waals surface area contributed by atoms with Crippen molar-refractivity contribution in [2.75, 3.05) is 4.41 Å². The third kappa shape index (κ3) is 8.93. The summed E-state index contributed by atoms with van der Waals surface area (Å²) in [6.07, 6.45) is 5.48. The maximum absolute atomic E-state index is 13.8. The van der Waals surface area contributed by atoms with Gasteiger partial charge in [0.05, 0.1) is 22.9 Å². The maximum Gasteiger partial charge on any atom is 0.275 e. The topological polar surface area (TPSA) is 116 Å². The number of sulfonamides is 1. The molecule has 3 aromatic carbocycles. The zero-order valence-corrected chi connectivity index (χ0v) is 23.4. The van der Waals surface area contributed by atoms with E-state index >= 15 is 0 Å². The van der Waals surface area contributed by atoms with E-state index in [0.29, 0.717) is 5.56 Å². The number of allylic oxidation sites excluding steroid dienone is 1. The number of nitrogens with zero attached hydrogens (tertiary/aromatic N) is 1. The molecule has 0 bridgehead atoms. The second-order valence-corrected chi connectivity index (χ2v) is 11.4. The number of para-hydroxylation sites is 1. The number of nitrogens with one attached hydrogen (secondary N) is 2. The SMILES string of the molecule is CC(C)C[C@@H](C(=O)NN(c1ccccc1)S(=O)(=O)/C=C/c1ccccc1)[C@H](C/C=C/c1ccccc1)C(=O)NO. The van der Waals surface area contributed by atoms with Gasteiger partial charge in [-0.2, -0.15) is 12.8 Å². The van der Waals surface area contributed by atoms with Crippen molar-refractivity contribution in [3.05, 3.63) is 114 Å². The minimum absolute atomic E-state index is 0.00241. The maximum atomic E-state index is 13.8. The summed E-state index contributed by atoms with van der Waals surface area (Å²) in [5.74, 6) is -3.27. The van der Waals surface area contributed by atoms with E-state index in [1.807, 2.05) is 56.3 Å². The molecule has 9 heteroatoms. The predicted octanol–water partition coefficient (Wildman–Crippen LogP) is 5.41. The first-order valence-corrected chi connectivity index (χ1v) is 14.5. The van der Waals surface area contributed by atoms with E-state index in [2.05, 4.69) is 5.43 Å². The normalized spacial score (nSPS) is 13.3. The number of anilines is 1. The Hall–Kier alpha value is -4.21. The van der Waals surface area contributed by atoms with Crippen molar-refractivity contribution in [1.82, 2.24) is 10.9 Å². The minimum Gasteiger partial charge on any atom is -0.289 e. The highest BCUT2D eigenvalue weighted by atomic mass is 32.2. The van der Waals surface area contributed by atoms with Crippen molar-refractivity contribution in [3.63, 3.8) is 0 Å².